The van der Waals surface area contributed by atoms with E-state index < -0.39 is 5.60 Å². The van der Waals surface area contributed by atoms with Crippen molar-refractivity contribution in [3.63, 3.8) is 0 Å². The third-order valence-corrected chi connectivity index (χ3v) is 7.26. The molecule has 1 amide bonds. The molecule has 6 atom stereocenters. The zero-order valence-corrected chi connectivity index (χ0v) is 16.5. The van der Waals surface area contributed by atoms with E-state index in [-0.39, 0.29) is 17.8 Å². The molecule has 5 nitrogen and oxygen atoms in total. The fourth-order valence-electron chi connectivity index (χ4n) is 5.81. The van der Waals surface area contributed by atoms with Crippen LogP contribution in [-0.2, 0) is 9.47 Å². The minimum Gasteiger partial charge on any atom is -0.440 e. The highest BCUT2D eigenvalue weighted by molar-refractivity contribution is 5.70. The molecule has 4 aliphatic rings. The number of benzene rings is 1. The third kappa shape index (κ3) is 3.01. The maximum atomic E-state index is 13.5. The molecule has 0 bridgehead atoms. The molecule has 1 aromatic heterocycles. The highest BCUT2D eigenvalue weighted by atomic mass is 19.1. The number of amides is 1. The normalized spacial score (nSPS) is 36.4. The van der Waals surface area contributed by atoms with Crippen LogP contribution in [0.1, 0.15) is 25.0 Å². The lowest BCUT2D eigenvalue weighted by Gasteiger charge is -2.29. The van der Waals surface area contributed by atoms with Crippen molar-refractivity contribution < 1.29 is 18.7 Å². The number of hydrogen-bond donors (Lipinski definition) is 1. The minimum atomic E-state index is -0.457. The average molecular weight is 406 g/mol. The lowest BCUT2D eigenvalue weighted by molar-refractivity contribution is 0.0313. The fraction of sp³-hybridized carbons (Fsp3) is 0.417. The summed E-state index contributed by atoms with van der Waals surface area (Å²) in [5, 5.41) is 2.87. The standard InChI is InChI=1S/C24H23FN2O3/c25-17-3-1-2-14(8-17)15-4-5-18(26-12-15)6-7-20-19-10-22-21(29-22)9-16(19)11-24(20)13-27-23(28)30-24/h1-8,12,16,19-22H,9-11,13H2,(H,27,28)/t16-,19+,20-,21-,22+,24?/m0/s1. The van der Waals surface area contributed by atoms with Crippen LogP contribution in [0.15, 0.2) is 48.7 Å². The van der Waals surface area contributed by atoms with E-state index in [9.17, 15) is 9.18 Å². The highest BCUT2D eigenvalue weighted by Crippen LogP contribution is 2.57. The van der Waals surface area contributed by atoms with Gasteiger partial charge in [0.2, 0.25) is 0 Å². The number of rotatable bonds is 3. The van der Waals surface area contributed by atoms with E-state index in [1.165, 1.54) is 12.1 Å². The van der Waals surface area contributed by atoms with Gasteiger partial charge in [-0.15, -0.1) is 0 Å². The highest BCUT2D eigenvalue weighted by Gasteiger charge is 2.62. The van der Waals surface area contributed by atoms with Crippen molar-refractivity contribution >= 4 is 12.2 Å². The predicted molar refractivity (Wildman–Crippen MR) is 109 cm³/mol. The van der Waals surface area contributed by atoms with Gasteiger partial charge in [0.25, 0.3) is 0 Å². The molecule has 6 heteroatoms. The van der Waals surface area contributed by atoms with Gasteiger partial charge in [0.15, 0.2) is 0 Å². The second-order valence-corrected chi connectivity index (χ2v) is 8.99. The van der Waals surface area contributed by atoms with Crippen LogP contribution in [0.3, 0.4) is 0 Å². The molecule has 4 fully saturated rings. The minimum absolute atomic E-state index is 0.149. The molecule has 2 aliphatic heterocycles. The van der Waals surface area contributed by atoms with Crippen LogP contribution in [0.5, 0.6) is 0 Å². The van der Waals surface area contributed by atoms with Crippen LogP contribution in [0.2, 0.25) is 0 Å². The number of alkyl carbamates (subject to hydrolysis) is 1. The molecule has 1 aromatic carbocycles. The van der Waals surface area contributed by atoms with Gasteiger partial charge in [0.05, 0.1) is 24.4 Å². The number of carbonyl (C=O) groups excluding carboxylic acids is 1. The van der Waals surface area contributed by atoms with Gasteiger partial charge in [-0.3, -0.25) is 4.98 Å². The molecule has 2 saturated carbocycles. The summed E-state index contributed by atoms with van der Waals surface area (Å²) in [6.45, 7) is 0.565. The molecule has 154 valence electrons. The van der Waals surface area contributed by atoms with Gasteiger partial charge >= 0.3 is 6.09 Å². The predicted octanol–water partition coefficient (Wildman–Crippen LogP) is 4.19. The van der Waals surface area contributed by atoms with Gasteiger partial charge in [-0.1, -0.05) is 24.3 Å². The Labute approximate surface area is 174 Å². The average Bonchev–Trinajstić information content (AvgIpc) is 3.31. The Morgan fingerprint density at radius 3 is 2.83 bits per heavy atom. The Kier molecular flexibility index (Phi) is 4.00. The number of fused-ring (bicyclic) bond motifs is 2. The third-order valence-electron chi connectivity index (χ3n) is 7.26. The van der Waals surface area contributed by atoms with Crippen LogP contribution in [0, 0.1) is 23.6 Å². The van der Waals surface area contributed by atoms with Gasteiger partial charge in [0.1, 0.15) is 11.4 Å². The Hall–Kier alpha value is -2.73. The zero-order chi connectivity index (χ0) is 20.3. The second kappa shape index (κ2) is 6.64. The van der Waals surface area contributed by atoms with E-state index in [4.69, 9.17) is 9.47 Å². The smallest absolute Gasteiger partial charge is 0.407 e. The summed E-state index contributed by atoms with van der Waals surface area (Å²) < 4.78 is 25.1. The fourth-order valence-corrected chi connectivity index (χ4v) is 5.81. The number of halogens is 1. The van der Waals surface area contributed by atoms with Crippen LogP contribution in [0.4, 0.5) is 9.18 Å². The van der Waals surface area contributed by atoms with Gasteiger partial charge in [0, 0.05) is 17.7 Å². The Morgan fingerprint density at radius 2 is 2.07 bits per heavy atom. The van der Waals surface area contributed by atoms with Gasteiger partial charge in [-0.05, 0) is 60.9 Å². The number of hydrogen-bond acceptors (Lipinski definition) is 4. The van der Waals surface area contributed by atoms with E-state index in [1.54, 1.807) is 12.3 Å². The van der Waals surface area contributed by atoms with Crippen molar-refractivity contribution in [1.29, 1.82) is 0 Å². The molecule has 3 heterocycles. The summed E-state index contributed by atoms with van der Waals surface area (Å²) in [7, 11) is 0. The van der Waals surface area contributed by atoms with Crippen LogP contribution in [0.25, 0.3) is 17.2 Å². The first-order chi connectivity index (χ1) is 14.6. The summed E-state index contributed by atoms with van der Waals surface area (Å²) in [6, 6.07) is 10.4. The van der Waals surface area contributed by atoms with Crippen molar-refractivity contribution in [3.05, 3.63) is 60.2 Å². The van der Waals surface area contributed by atoms with Crippen molar-refractivity contribution in [2.75, 3.05) is 6.54 Å². The molecule has 1 unspecified atom stereocenters. The van der Waals surface area contributed by atoms with Crippen LogP contribution >= 0.6 is 0 Å². The van der Waals surface area contributed by atoms with Crippen molar-refractivity contribution in [1.82, 2.24) is 10.3 Å². The first-order valence-corrected chi connectivity index (χ1v) is 10.6. The van der Waals surface area contributed by atoms with Gasteiger partial charge < -0.3 is 14.8 Å². The molecule has 2 aromatic rings. The molecule has 2 aliphatic carbocycles. The Morgan fingerprint density at radius 1 is 1.17 bits per heavy atom. The number of epoxide rings is 1. The molecule has 6 rings (SSSR count). The van der Waals surface area contributed by atoms with Crippen LogP contribution < -0.4 is 5.32 Å². The molecular weight excluding hydrogens is 383 g/mol. The maximum Gasteiger partial charge on any atom is 0.407 e. The molecule has 2 saturated heterocycles. The number of nitrogens with one attached hydrogen (secondary N) is 1. The molecule has 0 radical (unpaired) electrons. The van der Waals surface area contributed by atoms with E-state index in [2.05, 4.69) is 16.4 Å². The first-order valence-electron chi connectivity index (χ1n) is 10.6. The van der Waals surface area contributed by atoms with Crippen molar-refractivity contribution in [2.45, 2.75) is 37.1 Å². The SMILES string of the molecule is O=C1NCC2(C[C@@H]3C[C@@H]4O[C@@H]4C[C@H]3[C@@H]2C=Cc2ccc(-c3cccc(F)c3)cn2)O1. The quantitative estimate of drug-likeness (QED) is 0.777. The number of pyridine rings is 1. The molecule has 30 heavy (non-hydrogen) atoms. The maximum absolute atomic E-state index is 13.5. The summed E-state index contributed by atoms with van der Waals surface area (Å²) in [5.41, 5.74) is 2.06. The molecule has 1 spiro atoms. The lowest BCUT2D eigenvalue weighted by Crippen LogP contribution is -2.38. The molecular formula is C24H23FN2O3. The van der Waals surface area contributed by atoms with E-state index >= 15 is 0 Å². The largest absolute Gasteiger partial charge is 0.440 e. The number of carbonyl (C=O) groups is 1. The lowest BCUT2D eigenvalue weighted by atomic mass is 9.77. The Bertz CT molecular complexity index is 1020. The molecule has 1 N–H and O–H groups in total. The Balaban J connectivity index is 1.25. The first kappa shape index (κ1) is 18.1. The van der Waals surface area contributed by atoms with Gasteiger partial charge in [-0.25, -0.2) is 9.18 Å². The zero-order valence-electron chi connectivity index (χ0n) is 16.5. The monoisotopic (exact) mass is 406 g/mol. The number of aromatic nitrogens is 1. The van der Waals surface area contributed by atoms with E-state index in [1.807, 2.05) is 24.3 Å². The summed E-state index contributed by atoms with van der Waals surface area (Å²) in [4.78, 5) is 16.4. The van der Waals surface area contributed by atoms with Gasteiger partial charge in [-0.2, -0.15) is 0 Å². The van der Waals surface area contributed by atoms with E-state index in [0.717, 1.165) is 36.1 Å². The van der Waals surface area contributed by atoms with E-state index in [0.29, 0.717) is 30.6 Å². The second-order valence-electron chi connectivity index (χ2n) is 8.99. The summed E-state index contributed by atoms with van der Waals surface area (Å²) >= 11 is 0. The summed E-state index contributed by atoms with van der Waals surface area (Å²) in [5.74, 6) is 0.881. The number of nitrogens with zero attached hydrogens (tertiary/aromatic N) is 1. The summed E-state index contributed by atoms with van der Waals surface area (Å²) in [6.07, 6.45) is 9.44. The topological polar surface area (TPSA) is 63.8 Å². The number of ether oxygens (including phenoxy) is 2. The van der Waals surface area contributed by atoms with Crippen molar-refractivity contribution in [3.8, 4) is 11.1 Å². The van der Waals surface area contributed by atoms with Crippen LogP contribution in [-0.4, -0.2) is 35.4 Å². The van der Waals surface area contributed by atoms with Crippen molar-refractivity contribution in [2.24, 2.45) is 17.8 Å².